The molecule has 0 radical (unpaired) electrons. The number of benzene rings is 1. The van der Waals surface area contributed by atoms with E-state index in [0.29, 0.717) is 0 Å². The van der Waals surface area contributed by atoms with E-state index in [2.05, 4.69) is 34.7 Å². The molecule has 1 aromatic rings. The molecular formula is C13H21N3. The fourth-order valence-electron chi connectivity index (χ4n) is 1.78. The van der Waals surface area contributed by atoms with Crippen molar-refractivity contribution in [3.05, 3.63) is 30.4 Å². The van der Waals surface area contributed by atoms with Crippen LogP contribution in [0.15, 0.2) is 24.8 Å². The third-order valence-electron chi connectivity index (χ3n) is 2.68. The second-order valence-corrected chi connectivity index (χ2v) is 3.63. The molecule has 0 atom stereocenters. The van der Waals surface area contributed by atoms with Crippen molar-refractivity contribution in [1.29, 1.82) is 0 Å². The van der Waals surface area contributed by atoms with Gasteiger partial charge < -0.3 is 16.0 Å². The predicted molar refractivity (Wildman–Crippen MR) is 73.6 cm³/mol. The molecule has 0 unspecified atom stereocenters. The highest BCUT2D eigenvalue weighted by Gasteiger charge is 2.08. The highest BCUT2D eigenvalue weighted by molar-refractivity contribution is 5.73. The zero-order valence-electron chi connectivity index (χ0n) is 10.4. The summed E-state index contributed by atoms with van der Waals surface area (Å²) in [7, 11) is 5.83. The van der Waals surface area contributed by atoms with Crippen LogP contribution in [0.25, 0.3) is 0 Å². The van der Waals surface area contributed by atoms with E-state index in [1.165, 1.54) is 5.56 Å². The molecule has 0 saturated heterocycles. The van der Waals surface area contributed by atoms with Gasteiger partial charge >= 0.3 is 0 Å². The normalized spacial score (nSPS) is 9.69. The Morgan fingerprint density at radius 3 is 2.00 bits per heavy atom. The van der Waals surface area contributed by atoms with Crippen molar-refractivity contribution >= 4 is 17.1 Å². The van der Waals surface area contributed by atoms with Crippen molar-refractivity contribution in [3.63, 3.8) is 0 Å². The van der Waals surface area contributed by atoms with Crippen LogP contribution >= 0.6 is 0 Å². The molecule has 0 spiro atoms. The van der Waals surface area contributed by atoms with Crippen LogP contribution in [0.2, 0.25) is 0 Å². The van der Waals surface area contributed by atoms with Crippen molar-refractivity contribution < 1.29 is 0 Å². The summed E-state index contributed by atoms with van der Waals surface area (Å²) in [6.07, 6.45) is 3.94. The molecular weight excluding hydrogens is 198 g/mol. The summed E-state index contributed by atoms with van der Waals surface area (Å²) in [6, 6.07) is 4.25. The van der Waals surface area contributed by atoms with Gasteiger partial charge in [-0.25, -0.2) is 0 Å². The van der Waals surface area contributed by atoms with Crippen LogP contribution in [0.1, 0.15) is 12.0 Å². The third kappa shape index (κ3) is 2.69. The van der Waals surface area contributed by atoms with E-state index < -0.39 is 0 Å². The number of allylic oxidation sites excluding steroid dienone is 1. The van der Waals surface area contributed by atoms with E-state index >= 15 is 0 Å². The Kier molecular flexibility index (Phi) is 4.70. The Labute approximate surface area is 97.9 Å². The van der Waals surface area contributed by atoms with E-state index in [1.54, 1.807) is 0 Å². The summed E-state index contributed by atoms with van der Waals surface area (Å²) in [5.74, 6) is 0. The number of hydrogen-bond acceptors (Lipinski definition) is 3. The standard InChI is InChI=1S/C13H21N3/c1-5-6-7-11-12(15-3)8-10(14-2)9-13(11)16-4/h5,8-9,14-16H,1,6-7H2,2-4H3. The number of hydrogen-bond donors (Lipinski definition) is 3. The minimum atomic E-state index is 0.988. The molecule has 0 saturated carbocycles. The number of nitrogens with one attached hydrogen (secondary N) is 3. The maximum atomic E-state index is 3.77. The molecule has 0 aliphatic carbocycles. The van der Waals surface area contributed by atoms with Crippen LogP contribution in [-0.4, -0.2) is 21.1 Å². The second kappa shape index (κ2) is 6.05. The SMILES string of the molecule is C=CCCc1c(NC)cc(NC)cc1NC. The van der Waals surface area contributed by atoms with Crippen molar-refractivity contribution in [2.24, 2.45) is 0 Å². The quantitative estimate of drug-likeness (QED) is 0.644. The topological polar surface area (TPSA) is 36.1 Å². The van der Waals surface area contributed by atoms with Crippen LogP contribution in [-0.2, 0) is 6.42 Å². The van der Waals surface area contributed by atoms with E-state index in [9.17, 15) is 0 Å². The van der Waals surface area contributed by atoms with Gasteiger partial charge in [-0.3, -0.25) is 0 Å². The van der Waals surface area contributed by atoms with Crippen molar-refractivity contribution in [2.75, 3.05) is 37.1 Å². The van der Waals surface area contributed by atoms with E-state index in [1.807, 2.05) is 27.2 Å². The maximum Gasteiger partial charge on any atom is 0.0411 e. The lowest BCUT2D eigenvalue weighted by atomic mass is 10.0. The molecule has 1 rings (SSSR count). The summed E-state index contributed by atoms with van der Waals surface area (Å²) in [6.45, 7) is 3.77. The first-order valence-electron chi connectivity index (χ1n) is 5.57. The van der Waals surface area contributed by atoms with Crippen LogP contribution in [0.3, 0.4) is 0 Å². The summed E-state index contributed by atoms with van der Waals surface area (Å²) in [4.78, 5) is 0. The Morgan fingerprint density at radius 1 is 1.06 bits per heavy atom. The summed E-state index contributed by atoms with van der Waals surface area (Å²) < 4.78 is 0. The van der Waals surface area contributed by atoms with Gasteiger partial charge in [0, 0.05) is 38.2 Å². The van der Waals surface area contributed by atoms with E-state index in [4.69, 9.17) is 0 Å². The first-order chi connectivity index (χ1) is 7.76. The molecule has 0 heterocycles. The van der Waals surface area contributed by atoms with Gasteiger partial charge in [0.2, 0.25) is 0 Å². The lowest BCUT2D eigenvalue weighted by Gasteiger charge is -2.16. The molecule has 3 N–H and O–H groups in total. The molecule has 3 heteroatoms. The smallest absolute Gasteiger partial charge is 0.0411 e. The van der Waals surface area contributed by atoms with Crippen LogP contribution in [0.5, 0.6) is 0 Å². The molecule has 0 aliphatic heterocycles. The molecule has 0 aromatic heterocycles. The average molecular weight is 219 g/mol. The van der Waals surface area contributed by atoms with Gasteiger partial charge in [-0.05, 0) is 30.5 Å². The molecule has 1 aromatic carbocycles. The van der Waals surface area contributed by atoms with Crippen molar-refractivity contribution in [3.8, 4) is 0 Å². The summed E-state index contributed by atoms with van der Waals surface area (Å²) >= 11 is 0. The summed E-state index contributed by atoms with van der Waals surface area (Å²) in [5.41, 5.74) is 4.75. The monoisotopic (exact) mass is 219 g/mol. The van der Waals surface area contributed by atoms with E-state index in [0.717, 1.165) is 29.9 Å². The highest BCUT2D eigenvalue weighted by Crippen LogP contribution is 2.30. The zero-order valence-corrected chi connectivity index (χ0v) is 10.4. The molecule has 88 valence electrons. The number of rotatable bonds is 6. The van der Waals surface area contributed by atoms with Gasteiger partial charge in [0.25, 0.3) is 0 Å². The Bertz CT molecular complexity index is 333. The third-order valence-corrected chi connectivity index (χ3v) is 2.68. The van der Waals surface area contributed by atoms with Gasteiger partial charge in [0.1, 0.15) is 0 Å². The second-order valence-electron chi connectivity index (χ2n) is 3.63. The minimum absolute atomic E-state index is 0.988. The summed E-state index contributed by atoms with van der Waals surface area (Å²) in [5, 5.41) is 9.64. The Morgan fingerprint density at radius 2 is 1.62 bits per heavy atom. The zero-order chi connectivity index (χ0) is 12.0. The molecule has 0 bridgehead atoms. The maximum absolute atomic E-state index is 3.77. The van der Waals surface area contributed by atoms with Crippen molar-refractivity contribution in [1.82, 2.24) is 0 Å². The lowest BCUT2D eigenvalue weighted by Crippen LogP contribution is -2.03. The molecule has 0 amide bonds. The molecule has 0 fully saturated rings. The Balaban J connectivity index is 3.14. The Hall–Kier alpha value is -1.64. The van der Waals surface area contributed by atoms with Gasteiger partial charge in [0.05, 0.1) is 0 Å². The van der Waals surface area contributed by atoms with Gasteiger partial charge in [-0.1, -0.05) is 6.08 Å². The largest absolute Gasteiger partial charge is 0.388 e. The van der Waals surface area contributed by atoms with Crippen LogP contribution < -0.4 is 16.0 Å². The fourth-order valence-corrected chi connectivity index (χ4v) is 1.78. The van der Waals surface area contributed by atoms with Gasteiger partial charge in [-0.15, -0.1) is 6.58 Å². The van der Waals surface area contributed by atoms with Crippen molar-refractivity contribution in [2.45, 2.75) is 12.8 Å². The van der Waals surface area contributed by atoms with Crippen LogP contribution in [0, 0.1) is 0 Å². The average Bonchev–Trinajstić information content (AvgIpc) is 2.35. The lowest BCUT2D eigenvalue weighted by molar-refractivity contribution is 1.01. The van der Waals surface area contributed by atoms with Crippen LogP contribution in [0.4, 0.5) is 17.1 Å². The first-order valence-corrected chi connectivity index (χ1v) is 5.57. The molecule has 0 aliphatic rings. The van der Waals surface area contributed by atoms with Gasteiger partial charge in [-0.2, -0.15) is 0 Å². The predicted octanol–water partition coefficient (Wildman–Crippen LogP) is 2.93. The highest BCUT2D eigenvalue weighted by atomic mass is 14.9. The molecule has 16 heavy (non-hydrogen) atoms. The number of anilines is 3. The van der Waals surface area contributed by atoms with Gasteiger partial charge in [0.15, 0.2) is 0 Å². The van der Waals surface area contributed by atoms with E-state index in [-0.39, 0.29) is 0 Å². The fraction of sp³-hybridized carbons (Fsp3) is 0.385. The minimum Gasteiger partial charge on any atom is -0.388 e. The molecule has 3 nitrogen and oxygen atoms in total. The first kappa shape index (κ1) is 12.4.